The summed E-state index contributed by atoms with van der Waals surface area (Å²) in [5.41, 5.74) is 0. The molecule has 17 nitrogen and oxygen atoms in total. The first kappa shape index (κ1) is 93.1. The molecule has 0 spiro atoms. The largest absolute Gasteiger partial charge is 0.472 e. The summed E-state index contributed by atoms with van der Waals surface area (Å²) in [7, 11) is -9.91. The molecule has 0 amide bonds. The van der Waals surface area contributed by atoms with Gasteiger partial charge in [-0.1, -0.05) is 331 Å². The van der Waals surface area contributed by atoms with Crippen LogP contribution in [0.4, 0.5) is 0 Å². The summed E-state index contributed by atoms with van der Waals surface area (Å²) in [6, 6.07) is 0. The van der Waals surface area contributed by atoms with Crippen molar-refractivity contribution in [3.63, 3.8) is 0 Å². The zero-order chi connectivity index (χ0) is 70.3. The van der Waals surface area contributed by atoms with E-state index in [9.17, 15) is 43.2 Å². The summed E-state index contributed by atoms with van der Waals surface area (Å²) in [4.78, 5) is 72.8. The number of unbranched alkanes of at least 4 members (excludes halogenated alkanes) is 37. The lowest BCUT2D eigenvalue weighted by molar-refractivity contribution is -0.161. The number of rotatable bonds is 73. The van der Waals surface area contributed by atoms with Gasteiger partial charge in [0.1, 0.15) is 19.3 Å². The van der Waals surface area contributed by atoms with Gasteiger partial charge >= 0.3 is 39.5 Å². The van der Waals surface area contributed by atoms with Crippen LogP contribution < -0.4 is 0 Å². The number of esters is 4. The Bertz CT molecular complexity index is 1870. The zero-order valence-electron chi connectivity index (χ0n) is 62.3. The number of ether oxygens (including phenoxy) is 4. The number of hydrogen-bond acceptors (Lipinski definition) is 15. The molecule has 0 aliphatic rings. The number of aliphatic hydroxyl groups is 1. The fraction of sp³-hybridized carbons (Fsp3) is 0.947. The minimum absolute atomic E-state index is 0.105. The fourth-order valence-corrected chi connectivity index (χ4v) is 13.1. The summed E-state index contributed by atoms with van der Waals surface area (Å²) in [6.45, 7) is 14.2. The highest BCUT2D eigenvalue weighted by Crippen LogP contribution is 2.45. The Morgan fingerprint density at radius 3 is 0.747 bits per heavy atom. The van der Waals surface area contributed by atoms with Crippen LogP contribution in [-0.2, 0) is 65.4 Å². The normalized spacial score (nSPS) is 14.7. The maximum atomic E-state index is 13.1. The van der Waals surface area contributed by atoms with Crippen molar-refractivity contribution in [2.75, 3.05) is 39.6 Å². The molecule has 0 aromatic heterocycles. The summed E-state index contributed by atoms with van der Waals surface area (Å²) < 4.78 is 68.5. The second-order valence-electron chi connectivity index (χ2n) is 28.8. The molecular weight excluding hydrogens is 1250 g/mol. The van der Waals surface area contributed by atoms with E-state index < -0.39 is 97.5 Å². The van der Waals surface area contributed by atoms with Crippen molar-refractivity contribution >= 4 is 39.5 Å². The van der Waals surface area contributed by atoms with Crippen molar-refractivity contribution < 1.29 is 80.2 Å². The van der Waals surface area contributed by atoms with E-state index >= 15 is 0 Å². The summed E-state index contributed by atoms with van der Waals surface area (Å²) in [5.74, 6) is 0.977. The zero-order valence-corrected chi connectivity index (χ0v) is 64.1. The maximum Gasteiger partial charge on any atom is 0.472 e. The van der Waals surface area contributed by atoms with Crippen LogP contribution in [0.15, 0.2) is 0 Å². The third-order valence-electron chi connectivity index (χ3n) is 18.3. The van der Waals surface area contributed by atoms with Crippen LogP contribution in [0.1, 0.15) is 383 Å². The van der Waals surface area contributed by atoms with Crippen LogP contribution in [0.2, 0.25) is 0 Å². The Morgan fingerprint density at radius 1 is 0.295 bits per heavy atom. The minimum Gasteiger partial charge on any atom is -0.462 e. The predicted octanol–water partition coefficient (Wildman–Crippen LogP) is 22.0. The van der Waals surface area contributed by atoms with E-state index in [4.69, 9.17) is 37.0 Å². The molecule has 0 fully saturated rings. The van der Waals surface area contributed by atoms with Gasteiger partial charge in [0.15, 0.2) is 12.2 Å². The summed E-state index contributed by atoms with van der Waals surface area (Å²) >= 11 is 0. The molecule has 0 rings (SSSR count). The molecule has 7 atom stereocenters. The van der Waals surface area contributed by atoms with E-state index in [1.54, 1.807) is 0 Å². The molecule has 0 heterocycles. The second kappa shape index (κ2) is 65.4. The summed E-state index contributed by atoms with van der Waals surface area (Å²) in [6.07, 6.45) is 49.9. The predicted molar refractivity (Wildman–Crippen MR) is 386 cm³/mol. The minimum atomic E-state index is -4.96. The second-order valence-corrected chi connectivity index (χ2v) is 31.7. The molecule has 0 radical (unpaired) electrons. The number of carbonyl (C=O) groups excluding carboxylic acids is 4. The van der Waals surface area contributed by atoms with Crippen LogP contribution in [0.3, 0.4) is 0 Å². The van der Waals surface area contributed by atoms with Crippen molar-refractivity contribution in [1.82, 2.24) is 0 Å². The fourth-order valence-electron chi connectivity index (χ4n) is 11.5. The molecule has 0 aromatic rings. The van der Waals surface area contributed by atoms with Crippen molar-refractivity contribution in [3.05, 3.63) is 0 Å². The monoisotopic (exact) mass is 1400 g/mol. The van der Waals surface area contributed by atoms with Gasteiger partial charge in [0, 0.05) is 25.7 Å². The maximum absolute atomic E-state index is 13.1. The quantitative estimate of drug-likeness (QED) is 0.0222. The molecule has 19 heteroatoms. The third kappa shape index (κ3) is 67.6. The van der Waals surface area contributed by atoms with Crippen LogP contribution >= 0.6 is 15.6 Å². The molecule has 4 unspecified atom stereocenters. The Kier molecular flexibility index (Phi) is 64.0. The number of carbonyl (C=O) groups is 4. The molecule has 0 bridgehead atoms. The van der Waals surface area contributed by atoms with E-state index in [1.807, 2.05) is 0 Å². The smallest absolute Gasteiger partial charge is 0.462 e. The highest BCUT2D eigenvalue weighted by molar-refractivity contribution is 7.47. The standard InChI is InChI=1S/C76H148O17P2/c1-9-68(7)54-46-38-29-23-17-13-11-12-14-18-26-32-42-50-58-75(80)92-71(62-86-73(78)56-48-40-31-25-19-15-16-22-28-36-44-52-66(3)4)64-90-94(82,83)88-60-70(77)61-89-95(84,85)91-65-72(63-87-74(79)57-49-41-35-34-37-45-53-67(5)6)93-76(81)59-51-43-33-27-21-20-24-30-39-47-55-69(8)10-2/h66-72,77H,9-65H2,1-8H3,(H,82,83)(H,84,85)/t68?,69?,70-,71-,72-/m1/s1. The van der Waals surface area contributed by atoms with Crippen LogP contribution in [0.5, 0.6) is 0 Å². The van der Waals surface area contributed by atoms with E-state index in [1.165, 1.54) is 180 Å². The molecule has 3 N–H and O–H groups in total. The van der Waals surface area contributed by atoms with Gasteiger partial charge in [0.25, 0.3) is 0 Å². The van der Waals surface area contributed by atoms with E-state index in [0.717, 1.165) is 114 Å². The highest BCUT2D eigenvalue weighted by Gasteiger charge is 2.30. The van der Waals surface area contributed by atoms with Crippen molar-refractivity contribution in [2.45, 2.75) is 401 Å². The summed E-state index contributed by atoms with van der Waals surface area (Å²) in [5, 5.41) is 10.6. The molecule has 0 saturated heterocycles. The Hall–Kier alpha value is -1.94. The number of hydrogen-bond donors (Lipinski definition) is 3. The van der Waals surface area contributed by atoms with E-state index in [0.29, 0.717) is 31.6 Å². The number of aliphatic hydroxyl groups excluding tert-OH is 1. The molecule has 0 aliphatic carbocycles. The first-order valence-corrected chi connectivity index (χ1v) is 42.3. The topological polar surface area (TPSA) is 237 Å². The molecular formula is C76H148O17P2. The SMILES string of the molecule is CCC(C)CCCCCCCCCCCCCCCCC(=O)O[C@H](COC(=O)CCCCCCCCCCCCCC(C)C)COP(=O)(O)OC[C@@H](O)COP(=O)(O)OC[C@@H](COC(=O)CCCCCCCCC(C)C)OC(=O)CCCCCCCCCCCCC(C)CC. The number of phosphoric ester groups is 2. The molecule has 95 heavy (non-hydrogen) atoms. The Labute approximate surface area is 581 Å². The van der Waals surface area contributed by atoms with Gasteiger partial charge in [-0.3, -0.25) is 37.3 Å². The lowest BCUT2D eigenvalue weighted by Crippen LogP contribution is -2.30. The third-order valence-corrected chi connectivity index (χ3v) is 20.2. The average Bonchev–Trinajstić information content (AvgIpc) is 1.47. The average molecular weight is 1400 g/mol. The first-order chi connectivity index (χ1) is 45.7. The van der Waals surface area contributed by atoms with Gasteiger partial charge in [0.05, 0.1) is 26.4 Å². The van der Waals surface area contributed by atoms with Crippen LogP contribution in [0, 0.1) is 23.7 Å². The van der Waals surface area contributed by atoms with Gasteiger partial charge in [-0.25, -0.2) is 9.13 Å². The Morgan fingerprint density at radius 2 is 0.505 bits per heavy atom. The highest BCUT2D eigenvalue weighted by atomic mass is 31.2. The molecule has 0 saturated carbocycles. The van der Waals surface area contributed by atoms with Gasteiger partial charge < -0.3 is 33.8 Å². The van der Waals surface area contributed by atoms with E-state index in [2.05, 4.69) is 55.4 Å². The van der Waals surface area contributed by atoms with Gasteiger partial charge in [-0.2, -0.15) is 0 Å². The first-order valence-electron chi connectivity index (χ1n) is 39.3. The molecule has 564 valence electrons. The van der Waals surface area contributed by atoms with Crippen LogP contribution in [0.25, 0.3) is 0 Å². The molecule has 0 aromatic carbocycles. The lowest BCUT2D eigenvalue weighted by Gasteiger charge is -2.21. The van der Waals surface area contributed by atoms with Crippen molar-refractivity contribution in [3.8, 4) is 0 Å². The van der Waals surface area contributed by atoms with Crippen molar-refractivity contribution in [2.24, 2.45) is 23.7 Å². The van der Waals surface area contributed by atoms with E-state index in [-0.39, 0.29) is 25.7 Å². The lowest BCUT2D eigenvalue weighted by atomic mass is 9.99. The van der Waals surface area contributed by atoms with Gasteiger partial charge in [-0.15, -0.1) is 0 Å². The van der Waals surface area contributed by atoms with Gasteiger partial charge in [0.2, 0.25) is 0 Å². The Balaban J connectivity index is 5.25. The molecule has 0 aliphatic heterocycles. The van der Waals surface area contributed by atoms with Crippen molar-refractivity contribution in [1.29, 1.82) is 0 Å². The van der Waals surface area contributed by atoms with Gasteiger partial charge in [-0.05, 0) is 49.4 Å². The van der Waals surface area contributed by atoms with Crippen LogP contribution in [-0.4, -0.2) is 96.7 Å². The number of phosphoric acid groups is 2.